The van der Waals surface area contributed by atoms with Gasteiger partial charge in [-0.15, -0.1) is 0 Å². The van der Waals surface area contributed by atoms with Crippen molar-refractivity contribution in [3.8, 4) is 5.88 Å². The maximum absolute atomic E-state index is 11.8. The lowest BCUT2D eigenvalue weighted by atomic mass is 10.3. The Kier molecular flexibility index (Phi) is 6.84. The van der Waals surface area contributed by atoms with E-state index in [4.69, 9.17) is 4.74 Å². The van der Waals surface area contributed by atoms with Crippen LogP contribution in [0, 0.1) is 0 Å². The molecule has 2 N–H and O–H groups in total. The minimum absolute atomic E-state index is 0.210. The summed E-state index contributed by atoms with van der Waals surface area (Å²) in [6.07, 6.45) is 1.50. The average Bonchev–Trinajstić information content (AvgIpc) is 3.08. The zero-order valence-electron chi connectivity index (χ0n) is 14.7. The lowest BCUT2D eigenvalue weighted by Crippen LogP contribution is -2.45. The summed E-state index contributed by atoms with van der Waals surface area (Å²) in [7, 11) is 1.60. The minimum atomic E-state index is 0.210. The van der Waals surface area contributed by atoms with Gasteiger partial charge in [-0.1, -0.05) is 13.0 Å². The maximum Gasteiger partial charge on any atom is 0.222 e. The van der Waals surface area contributed by atoms with Gasteiger partial charge in [-0.2, -0.15) is 0 Å². The van der Waals surface area contributed by atoms with E-state index >= 15 is 0 Å². The molecule has 2 rings (SSSR count). The largest absolute Gasteiger partial charge is 0.481 e. The molecule has 132 valence electrons. The zero-order chi connectivity index (χ0) is 17.4. The smallest absolute Gasteiger partial charge is 0.222 e. The van der Waals surface area contributed by atoms with Crippen molar-refractivity contribution in [1.82, 2.24) is 20.5 Å². The molecule has 1 aliphatic rings. The number of likely N-dealkylation sites (tertiary alicyclic amines) is 1. The average molecular weight is 333 g/mol. The van der Waals surface area contributed by atoms with E-state index in [1.807, 2.05) is 36.9 Å². The lowest BCUT2D eigenvalue weighted by Gasteiger charge is -2.18. The number of rotatable bonds is 6. The third kappa shape index (κ3) is 5.11. The van der Waals surface area contributed by atoms with Gasteiger partial charge in [0.1, 0.15) is 0 Å². The SMILES string of the molecule is CCNC(=NCc1cccc(OC)n1)NC1CCN(C(=O)CC)C1. The fourth-order valence-corrected chi connectivity index (χ4v) is 2.66. The Balaban J connectivity index is 1.94. The normalized spacial score (nSPS) is 17.7. The Morgan fingerprint density at radius 3 is 3.00 bits per heavy atom. The second-order valence-corrected chi connectivity index (χ2v) is 5.69. The van der Waals surface area contributed by atoms with Gasteiger partial charge >= 0.3 is 0 Å². The van der Waals surface area contributed by atoms with Crippen molar-refractivity contribution < 1.29 is 9.53 Å². The topological polar surface area (TPSA) is 78.9 Å². The Labute approximate surface area is 143 Å². The van der Waals surface area contributed by atoms with Gasteiger partial charge in [-0.25, -0.2) is 9.98 Å². The van der Waals surface area contributed by atoms with E-state index in [9.17, 15) is 4.79 Å². The summed E-state index contributed by atoms with van der Waals surface area (Å²) in [6, 6.07) is 5.88. The molecule has 0 bridgehead atoms. The van der Waals surface area contributed by atoms with Crippen molar-refractivity contribution in [1.29, 1.82) is 0 Å². The number of hydrogen-bond acceptors (Lipinski definition) is 4. The Morgan fingerprint density at radius 1 is 1.46 bits per heavy atom. The number of carbonyl (C=O) groups excluding carboxylic acids is 1. The maximum atomic E-state index is 11.8. The van der Waals surface area contributed by atoms with Crippen LogP contribution in [0.25, 0.3) is 0 Å². The fraction of sp³-hybridized carbons (Fsp3) is 0.588. The highest BCUT2D eigenvalue weighted by Gasteiger charge is 2.25. The van der Waals surface area contributed by atoms with Crippen LogP contribution in [0.2, 0.25) is 0 Å². The number of aromatic nitrogens is 1. The van der Waals surface area contributed by atoms with Crippen molar-refractivity contribution in [2.24, 2.45) is 4.99 Å². The summed E-state index contributed by atoms with van der Waals surface area (Å²) < 4.78 is 5.13. The van der Waals surface area contributed by atoms with Gasteiger partial charge in [-0.3, -0.25) is 4.79 Å². The number of nitrogens with one attached hydrogen (secondary N) is 2. The molecule has 1 saturated heterocycles. The van der Waals surface area contributed by atoms with E-state index < -0.39 is 0 Å². The molecule has 1 fully saturated rings. The summed E-state index contributed by atoms with van der Waals surface area (Å²) in [6.45, 7) is 6.71. The molecule has 1 aromatic rings. The van der Waals surface area contributed by atoms with E-state index in [1.165, 1.54) is 0 Å². The first kappa shape index (κ1) is 18.0. The highest BCUT2D eigenvalue weighted by molar-refractivity contribution is 5.80. The number of carbonyl (C=O) groups is 1. The molecular weight excluding hydrogens is 306 g/mol. The van der Waals surface area contributed by atoms with Gasteiger partial charge in [0.25, 0.3) is 0 Å². The number of aliphatic imine (C=N–C) groups is 1. The van der Waals surface area contributed by atoms with Crippen LogP contribution in [0.5, 0.6) is 5.88 Å². The second-order valence-electron chi connectivity index (χ2n) is 5.69. The monoisotopic (exact) mass is 333 g/mol. The lowest BCUT2D eigenvalue weighted by molar-refractivity contribution is -0.129. The van der Waals surface area contributed by atoms with Gasteiger partial charge in [-0.05, 0) is 19.4 Å². The molecule has 0 aromatic carbocycles. The predicted molar refractivity (Wildman–Crippen MR) is 94.0 cm³/mol. The molecule has 2 heterocycles. The number of ether oxygens (including phenoxy) is 1. The number of guanidine groups is 1. The number of hydrogen-bond donors (Lipinski definition) is 2. The van der Waals surface area contributed by atoms with Crippen LogP contribution in [0.4, 0.5) is 0 Å². The Hall–Kier alpha value is -2.31. The molecule has 24 heavy (non-hydrogen) atoms. The highest BCUT2D eigenvalue weighted by Crippen LogP contribution is 2.11. The van der Waals surface area contributed by atoms with Crippen LogP contribution in [0.1, 0.15) is 32.4 Å². The Bertz CT molecular complexity index is 576. The molecule has 7 heteroatoms. The highest BCUT2D eigenvalue weighted by atomic mass is 16.5. The van der Waals surface area contributed by atoms with Gasteiger partial charge in [0.05, 0.1) is 19.3 Å². The number of nitrogens with zero attached hydrogens (tertiary/aromatic N) is 3. The standard InChI is InChI=1S/C17H27N5O2/c1-4-16(23)22-10-9-14(12-22)21-17(18-5-2)19-11-13-7-6-8-15(20-13)24-3/h6-8,14H,4-5,9-12H2,1-3H3,(H2,18,19,21). The molecule has 1 aliphatic heterocycles. The summed E-state index contributed by atoms with van der Waals surface area (Å²) >= 11 is 0. The third-order valence-corrected chi connectivity index (χ3v) is 3.92. The van der Waals surface area contributed by atoms with Gasteiger partial charge in [0, 0.05) is 38.2 Å². The van der Waals surface area contributed by atoms with Crippen LogP contribution < -0.4 is 15.4 Å². The molecule has 0 aliphatic carbocycles. The first-order chi connectivity index (χ1) is 11.7. The quantitative estimate of drug-likeness (QED) is 0.603. The van der Waals surface area contributed by atoms with Crippen molar-refractivity contribution in [2.45, 2.75) is 39.3 Å². The molecule has 7 nitrogen and oxygen atoms in total. The van der Waals surface area contributed by atoms with Crippen LogP contribution >= 0.6 is 0 Å². The van der Waals surface area contributed by atoms with Crippen molar-refractivity contribution in [3.05, 3.63) is 23.9 Å². The van der Waals surface area contributed by atoms with E-state index in [0.717, 1.165) is 37.7 Å². The molecule has 0 saturated carbocycles. The summed E-state index contributed by atoms with van der Waals surface area (Å²) in [5.41, 5.74) is 0.848. The van der Waals surface area contributed by atoms with E-state index in [-0.39, 0.29) is 11.9 Å². The van der Waals surface area contributed by atoms with Crippen LogP contribution in [0.15, 0.2) is 23.2 Å². The first-order valence-corrected chi connectivity index (χ1v) is 8.48. The number of methoxy groups -OCH3 is 1. The van der Waals surface area contributed by atoms with Gasteiger partial charge < -0.3 is 20.3 Å². The van der Waals surface area contributed by atoms with Crippen molar-refractivity contribution in [3.63, 3.8) is 0 Å². The molecule has 1 atom stereocenters. The van der Waals surface area contributed by atoms with E-state index in [1.54, 1.807) is 7.11 Å². The van der Waals surface area contributed by atoms with Gasteiger partial charge in [0.2, 0.25) is 11.8 Å². The minimum Gasteiger partial charge on any atom is -0.481 e. The van der Waals surface area contributed by atoms with Gasteiger partial charge in [0.15, 0.2) is 5.96 Å². The summed E-state index contributed by atoms with van der Waals surface area (Å²) in [5.74, 6) is 1.55. The fourth-order valence-electron chi connectivity index (χ4n) is 2.66. The van der Waals surface area contributed by atoms with Crippen LogP contribution in [-0.4, -0.2) is 54.5 Å². The van der Waals surface area contributed by atoms with Crippen LogP contribution in [0.3, 0.4) is 0 Å². The Morgan fingerprint density at radius 2 is 2.29 bits per heavy atom. The molecule has 1 unspecified atom stereocenters. The summed E-state index contributed by atoms with van der Waals surface area (Å²) in [4.78, 5) is 22.6. The van der Waals surface area contributed by atoms with E-state index in [2.05, 4.69) is 20.6 Å². The van der Waals surface area contributed by atoms with Crippen LogP contribution in [-0.2, 0) is 11.3 Å². The summed E-state index contributed by atoms with van der Waals surface area (Å²) in [5, 5.41) is 6.65. The second kappa shape index (κ2) is 9.10. The van der Waals surface area contributed by atoms with Crippen molar-refractivity contribution >= 4 is 11.9 Å². The molecule has 1 amide bonds. The third-order valence-electron chi connectivity index (χ3n) is 3.92. The van der Waals surface area contributed by atoms with E-state index in [0.29, 0.717) is 18.8 Å². The first-order valence-electron chi connectivity index (χ1n) is 8.48. The molecule has 1 aromatic heterocycles. The van der Waals surface area contributed by atoms with Crippen molar-refractivity contribution in [2.75, 3.05) is 26.7 Å². The predicted octanol–water partition coefficient (Wildman–Crippen LogP) is 1.16. The number of amides is 1. The molecule has 0 spiro atoms. The number of pyridine rings is 1. The molecular formula is C17H27N5O2. The molecule has 0 radical (unpaired) electrons. The zero-order valence-corrected chi connectivity index (χ0v) is 14.7.